The van der Waals surface area contributed by atoms with E-state index in [1.807, 2.05) is 0 Å². The van der Waals surface area contributed by atoms with Crippen LogP contribution in [0.25, 0.3) is 0 Å². The highest BCUT2D eigenvalue weighted by atomic mass is 19.4. The van der Waals surface area contributed by atoms with Crippen LogP contribution >= 0.6 is 0 Å². The maximum atomic E-state index is 13.7. The standard InChI is InChI=1S/C9H5F6N/c10-7(8(11,12)9(13,14)15)4-2-1-3-5(16)6(4)7/h1-3H,16H2. The van der Waals surface area contributed by atoms with Crippen molar-refractivity contribution in [1.82, 2.24) is 0 Å². The molecule has 88 valence electrons. The Labute approximate surface area is 85.9 Å². The van der Waals surface area contributed by atoms with Crippen LogP contribution in [-0.2, 0) is 5.67 Å². The summed E-state index contributed by atoms with van der Waals surface area (Å²) >= 11 is 0. The van der Waals surface area contributed by atoms with E-state index in [4.69, 9.17) is 5.73 Å². The lowest BCUT2D eigenvalue weighted by Crippen LogP contribution is -2.46. The Bertz CT molecular complexity index is 452. The van der Waals surface area contributed by atoms with Crippen molar-refractivity contribution in [3.8, 4) is 0 Å². The number of hydrogen-bond acceptors (Lipinski definition) is 1. The maximum absolute atomic E-state index is 13.7. The van der Waals surface area contributed by atoms with Gasteiger partial charge in [-0.25, -0.2) is 4.39 Å². The lowest BCUT2D eigenvalue weighted by atomic mass is 10.1. The second kappa shape index (κ2) is 2.64. The molecule has 0 spiro atoms. The summed E-state index contributed by atoms with van der Waals surface area (Å²) in [6.07, 6.45) is -5.95. The van der Waals surface area contributed by atoms with Crippen LogP contribution in [0.3, 0.4) is 0 Å². The molecular formula is C9H5F6N. The fourth-order valence-electron chi connectivity index (χ4n) is 1.68. The molecule has 1 unspecified atom stereocenters. The average Bonchev–Trinajstić information content (AvgIpc) is 2.74. The fourth-order valence-corrected chi connectivity index (χ4v) is 1.68. The summed E-state index contributed by atoms with van der Waals surface area (Å²) in [5.41, 5.74) is -0.525. The SMILES string of the molecule is Nc1cccc2c1C2(F)C(F)(F)C(F)(F)F. The Kier molecular flexibility index (Phi) is 1.83. The molecule has 7 heteroatoms. The monoisotopic (exact) mass is 241 g/mol. The number of benzene rings is 1. The minimum absolute atomic E-state index is 0.399. The van der Waals surface area contributed by atoms with E-state index in [0.29, 0.717) is 0 Å². The van der Waals surface area contributed by atoms with Crippen molar-refractivity contribution in [3.63, 3.8) is 0 Å². The molecule has 0 fully saturated rings. The Balaban J connectivity index is 2.51. The first-order valence-electron chi connectivity index (χ1n) is 4.17. The summed E-state index contributed by atoms with van der Waals surface area (Å²) in [6.45, 7) is 0. The highest BCUT2D eigenvalue weighted by Crippen LogP contribution is 2.66. The molecule has 0 amide bonds. The van der Waals surface area contributed by atoms with Gasteiger partial charge in [-0.15, -0.1) is 0 Å². The van der Waals surface area contributed by atoms with Gasteiger partial charge in [0.05, 0.1) is 0 Å². The molecule has 2 rings (SSSR count). The molecule has 1 nitrogen and oxygen atoms in total. The first kappa shape index (κ1) is 11.1. The molecule has 0 heterocycles. The molecule has 1 aliphatic carbocycles. The maximum Gasteiger partial charge on any atom is 0.457 e. The third-order valence-electron chi connectivity index (χ3n) is 2.54. The van der Waals surface area contributed by atoms with Crippen molar-refractivity contribution in [2.24, 2.45) is 0 Å². The lowest BCUT2D eigenvalue weighted by molar-refractivity contribution is -0.314. The lowest BCUT2D eigenvalue weighted by Gasteiger charge is -2.23. The number of nitrogens with two attached hydrogens (primary N) is 1. The molecule has 0 saturated heterocycles. The van der Waals surface area contributed by atoms with Gasteiger partial charge in [-0.2, -0.15) is 22.0 Å². The fraction of sp³-hybridized carbons (Fsp3) is 0.333. The average molecular weight is 241 g/mol. The molecule has 0 aliphatic heterocycles. The van der Waals surface area contributed by atoms with Gasteiger partial charge in [0.25, 0.3) is 0 Å². The van der Waals surface area contributed by atoms with E-state index in [-0.39, 0.29) is 0 Å². The number of anilines is 1. The Morgan fingerprint density at radius 2 is 1.62 bits per heavy atom. The van der Waals surface area contributed by atoms with Crippen LogP contribution in [0.15, 0.2) is 18.2 Å². The normalized spacial score (nSPS) is 24.1. The predicted octanol–water partition coefficient (Wildman–Crippen LogP) is 2.99. The number of hydrogen-bond donors (Lipinski definition) is 1. The van der Waals surface area contributed by atoms with E-state index in [1.54, 1.807) is 0 Å². The minimum Gasteiger partial charge on any atom is -0.398 e. The van der Waals surface area contributed by atoms with Crippen molar-refractivity contribution in [1.29, 1.82) is 0 Å². The molecule has 0 aromatic heterocycles. The number of alkyl halides is 6. The summed E-state index contributed by atoms with van der Waals surface area (Å²) in [5, 5.41) is 0. The topological polar surface area (TPSA) is 26.0 Å². The summed E-state index contributed by atoms with van der Waals surface area (Å²) in [7, 11) is 0. The Morgan fingerprint density at radius 1 is 1.06 bits per heavy atom. The van der Waals surface area contributed by atoms with Crippen LogP contribution in [0, 0.1) is 0 Å². The highest BCUT2D eigenvalue weighted by molar-refractivity contribution is 5.71. The second-order valence-electron chi connectivity index (χ2n) is 3.50. The minimum atomic E-state index is -5.95. The first-order chi connectivity index (χ1) is 7.14. The van der Waals surface area contributed by atoms with E-state index in [2.05, 4.69) is 0 Å². The van der Waals surface area contributed by atoms with Crippen LogP contribution in [-0.4, -0.2) is 12.1 Å². The quantitative estimate of drug-likeness (QED) is 0.593. The van der Waals surface area contributed by atoms with Gasteiger partial charge in [-0.1, -0.05) is 12.1 Å². The van der Waals surface area contributed by atoms with Gasteiger partial charge in [0.1, 0.15) is 0 Å². The van der Waals surface area contributed by atoms with Gasteiger partial charge in [-0.3, -0.25) is 0 Å². The molecule has 1 aromatic carbocycles. The van der Waals surface area contributed by atoms with Gasteiger partial charge >= 0.3 is 12.1 Å². The molecule has 1 aromatic rings. The van der Waals surface area contributed by atoms with Crippen LogP contribution < -0.4 is 5.73 Å². The molecular weight excluding hydrogens is 236 g/mol. The second-order valence-corrected chi connectivity index (χ2v) is 3.50. The van der Waals surface area contributed by atoms with Crippen molar-refractivity contribution in [2.75, 3.05) is 5.73 Å². The van der Waals surface area contributed by atoms with Crippen LogP contribution in [0.1, 0.15) is 11.1 Å². The molecule has 0 radical (unpaired) electrons. The summed E-state index contributed by atoms with van der Waals surface area (Å²) < 4.78 is 75.6. The third-order valence-corrected chi connectivity index (χ3v) is 2.54. The zero-order valence-electron chi connectivity index (χ0n) is 7.58. The van der Waals surface area contributed by atoms with E-state index in [9.17, 15) is 26.3 Å². The summed E-state index contributed by atoms with van der Waals surface area (Å²) in [5.74, 6) is -5.46. The van der Waals surface area contributed by atoms with Gasteiger partial charge < -0.3 is 5.73 Å². The summed E-state index contributed by atoms with van der Waals surface area (Å²) in [6, 6.07) is 3.07. The third kappa shape index (κ3) is 1.03. The van der Waals surface area contributed by atoms with E-state index < -0.39 is 34.6 Å². The van der Waals surface area contributed by atoms with Gasteiger partial charge in [0.2, 0.25) is 5.67 Å². The summed E-state index contributed by atoms with van der Waals surface area (Å²) in [4.78, 5) is 0. The number of halogens is 6. The van der Waals surface area contributed by atoms with Crippen LogP contribution in [0.5, 0.6) is 0 Å². The number of nitrogen functional groups attached to an aromatic ring is 1. The zero-order chi connectivity index (χ0) is 12.4. The predicted molar refractivity (Wildman–Crippen MR) is 43.7 cm³/mol. The van der Waals surface area contributed by atoms with Crippen molar-refractivity contribution < 1.29 is 26.3 Å². The van der Waals surface area contributed by atoms with Crippen LogP contribution in [0.2, 0.25) is 0 Å². The molecule has 0 saturated carbocycles. The van der Waals surface area contributed by atoms with Gasteiger partial charge in [0.15, 0.2) is 0 Å². The van der Waals surface area contributed by atoms with Crippen molar-refractivity contribution >= 4 is 5.69 Å². The molecule has 2 N–H and O–H groups in total. The first-order valence-corrected chi connectivity index (χ1v) is 4.17. The zero-order valence-corrected chi connectivity index (χ0v) is 7.58. The van der Waals surface area contributed by atoms with Gasteiger partial charge in [-0.05, 0) is 6.07 Å². The molecule has 0 bridgehead atoms. The van der Waals surface area contributed by atoms with E-state index in [0.717, 1.165) is 18.2 Å². The number of rotatable bonds is 1. The Morgan fingerprint density at radius 3 is 2.06 bits per heavy atom. The highest BCUT2D eigenvalue weighted by Gasteiger charge is 2.80. The number of fused-ring (bicyclic) bond motifs is 1. The molecule has 1 atom stereocenters. The molecule has 16 heavy (non-hydrogen) atoms. The van der Waals surface area contributed by atoms with E-state index in [1.165, 1.54) is 0 Å². The van der Waals surface area contributed by atoms with Gasteiger partial charge in [0, 0.05) is 16.8 Å². The van der Waals surface area contributed by atoms with E-state index >= 15 is 0 Å². The molecule has 1 aliphatic rings. The smallest absolute Gasteiger partial charge is 0.398 e. The van der Waals surface area contributed by atoms with Crippen molar-refractivity contribution in [3.05, 3.63) is 29.3 Å². The van der Waals surface area contributed by atoms with Crippen LogP contribution in [0.4, 0.5) is 32.0 Å². The Hall–Kier alpha value is -1.40. The largest absolute Gasteiger partial charge is 0.457 e. The van der Waals surface area contributed by atoms with Crippen molar-refractivity contribution in [2.45, 2.75) is 17.8 Å².